The largest absolute Gasteiger partial charge is 0.508 e. The molecule has 2 aromatic carbocycles. The lowest BCUT2D eigenvalue weighted by molar-refractivity contribution is 0.441. The van der Waals surface area contributed by atoms with Crippen molar-refractivity contribution in [1.29, 1.82) is 0 Å². The maximum atomic E-state index is 9.68. The third kappa shape index (κ3) is 3.39. The van der Waals surface area contributed by atoms with Crippen molar-refractivity contribution in [3.63, 3.8) is 0 Å². The lowest BCUT2D eigenvalue weighted by Crippen LogP contribution is -2.18. The van der Waals surface area contributed by atoms with Crippen molar-refractivity contribution in [3.05, 3.63) is 53.6 Å². The first-order valence-electron chi connectivity index (χ1n) is 6.09. The first kappa shape index (κ1) is 13.2. The highest BCUT2D eigenvalue weighted by atomic mass is 16.3. The number of nitrogens with one attached hydrogen (secondary N) is 1. The van der Waals surface area contributed by atoms with Crippen LogP contribution in [0.4, 0.5) is 0 Å². The molecule has 0 saturated heterocycles. The van der Waals surface area contributed by atoms with E-state index in [-0.39, 0.29) is 23.3 Å². The summed E-state index contributed by atoms with van der Waals surface area (Å²) in [4.78, 5) is 0. The lowest BCUT2D eigenvalue weighted by Gasteiger charge is -2.15. The van der Waals surface area contributed by atoms with Gasteiger partial charge in [-0.25, -0.2) is 0 Å². The van der Waals surface area contributed by atoms with Crippen LogP contribution in [0.3, 0.4) is 0 Å². The van der Waals surface area contributed by atoms with Gasteiger partial charge in [-0.1, -0.05) is 18.2 Å². The van der Waals surface area contributed by atoms with E-state index in [1.54, 1.807) is 24.3 Å². The van der Waals surface area contributed by atoms with E-state index in [1.165, 1.54) is 12.1 Å². The summed E-state index contributed by atoms with van der Waals surface area (Å²) in [5, 5.41) is 31.6. The minimum atomic E-state index is 0.0419. The predicted octanol–water partition coefficient (Wildman–Crippen LogP) is 2.65. The summed E-state index contributed by atoms with van der Waals surface area (Å²) in [6.45, 7) is 2.45. The van der Waals surface area contributed by atoms with Crippen LogP contribution >= 0.6 is 0 Å². The topological polar surface area (TPSA) is 72.7 Å². The average molecular weight is 259 g/mol. The summed E-state index contributed by atoms with van der Waals surface area (Å²) in [6, 6.07) is 11.6. The first-order valence-corrected chi connectivity index (χ1v) is 6.09. The zero-order valence-corrected chi connectivity index (χ0v) is 10.7. The maximum absolute atomic E-state index is 9.68. The molecular weight excluding hydrogens is 242 g/mol. The number of hydrogen-bond acceptors (Lipinski definition) is 4. The van der Waals surface area contributed by atoms with E-state index in [0.29, 0.717) is 12.1 Å². The van der Waals surface area contributed by atoms with Crippen LogP contribution in [0.15, 0.2) is 42.5 Å². The molecule has 19 heavy (non-hydrogen) atoms. The zero-order valence-electron chi connectivity index (χ0n) is 10.7. The van der Waals surface area contributed by atoms with Gasteiger partial charge in [0.1, 0.15) is 17.2 Å². The van der Waals surface area contributed by atoms with Crippen LogP contribution in [0.1, 0.15) is 24.1 Å². The predicted molar refractivity (Wildman–Crippen MR) is 73.1 cm³/mol. The van der Waals surface area contributed by atoms with Gasteiger partial charge in [-0.05, 0) is 30.7 Å². The normalized spacial score (nSPS) is 12.3. The third-order valence-electron chi connectivity index (χ3n) is 3.04. The molecule has 4 nitrogen and oxygen atoms in total. The molecule has 4 N–H and O–H groups in total. The van der Waals surface area contributed by atoms with Crippen LogP contribution in [0.25, 0.3) is 0 Å². The number of phenolic OH excluding ortho intramolecular Hbond substituents is 3. The van der Waals surface area contributed by atoms with Crippen LogP contribution in [0, 0.1) is 0 Å². The minimum absolute atomic E-state index is 0.0419. The Kier molecular flexibility index (Phi) is 3.92. The van der Waals surface area contributed by atoms with Gasteiger partial charge >= 0.3 is 0 Å². The Hall–Kier alpha value is -2.20. The van der Waals surface area contributed by atoms with E-state index in [9.17, 15) is 15.3 Å². The quantitative estimate of drug-likeness (QED) is 0.681. The van der Waals surface area contributed by atoms with Crippen molar-refractivity contribution in [3.8, 4) is 17.2 Å². The van der Waals surface area contributed by atoms with Crippen LogP contribution in [0.5, 0.6) is 17.2 Å². The van der Waals surface area contributed by atoms with Gasteiger partial charge in [0.05, 0.1) is 0 Å². The molecule has 2 aromatic rings. The standard InChI is InChI=1S/C15H17NO3/c1-10(11-3-2-4-13(17)7-11)16-9-12-5-6-14(18)8-15(12)19/h2-8,10,16-19H,9H2,1H3. The van der Waals surface area contributed by atoms with E-state index in [1.807, 2.05) is 13.0 Å². The van der Waals surface area contributed by atoms with E-state index >= 15 is 0 Å². The van der Waals surface area contributed by atoms with Gasteiger partial charge in [0.2, 0.25) is 0 Å². The Morgan fingerprint density at radius 1 is 1.00 bits per heavy atom. The van der Waals surface area contributed by atoms with Crippen molar-refractivity contribution in [2.24, 2.45) is 0 Å². The van der Waals surface area contributed by atoms with Crippen molar-refractivity contribution in [2.75, 3.05) is 0 Å². The molecule has 1 unspecified atom stereocenters. The minimum Gasteiger partial charge on any atom is -0.508 e. The Labute approximate surface area is 112 Å². The van der Waals surface area contributed by atoms with Crippen LogP contribution < -0.4 is 5.32 Å². The molecule has 0 fully saturated rings. The number of benzene rings is 2. The molecule has 0 aliphatic heterocycles. The van der Waals surface area contributed by atoms with Gasteiger partial charge in [0.25, 0.3) is 0 Å². The molecule has 0 aromatic heterocycles. The highest BCUT2D eigenvalue weighted by Crippen LogP contribution is 2.24. The van der Waals surface area contributed by atoms with E-state index in [2.05, 4.69) is 5.32 Å². The van der Waals surface area contributed by atoms with Crippen molar-refractivity contribution in [2.45, 2.75) is 19.5 Å². The molecule has 0 heterocycles. The van der Waals surface area contributed by atoms with E-state index in [0.717, 1.165) is 5.56 Å². The van der Waals surface area contributed by atoms with Gasteiger partial charge in [-0.3, -0.25) is 0 Å². The Morgan fingerprint density at radius 3 is 2.42 bits per heavy atom. The van der Waals surface area contributed by atoms with E-state index in [4.69, 9.17) is 0 Å². The van der Waals surface area contributed by atoms with Crippen molar-refractivity contribution < 1.29 is 15.3 Å². The molecule has 4 heteroatoms. The molecule has 0 spiro atoms. The van der Waals surface area contributed by atoms with Crippen molar-refractivity contribution in [1.82, 2.24) is 5.32 Å². The maximum Gasteiger partial charge on any atom is 0.123 e. The second-order valence-corrected chi connectivity index (χ2v) is 4.51. The highest BCUT2D eigenvalue weighted by molar-refractivity contribution is 5.39. The molecule has 0 amide bonds. The molecule has 0 bridgehead atoms. The summed E-state index contributed by atoms with van der Waals surface area (Å²) < 4.78 is 0. The fourth-order valence-corrected chi connectivity index (χ4v) is 1.88. The lowest BCUT2D eigenvalue weighted by atomic mass is 10.1. The van der Waals surface area contributed by atoms with Gasteiger partial charge in [0.15, 0.2) is 0 Å². The number of rotatable bonds is 4. The molecular formula is C15H17NO3. The summed E-state index contributed by atoms with van der Waals surface area (Å²) in [6.07, 6.45) is 0. The molecule has 0 saturated carbocycles. The zero-order chi connectivity index (χ0) is 13.8. The van der Waals surface area contributed by atoms with Crippen LogP contribution in [-0.4, -0.2) is 15.3 Å². The number of phenols is 3. The van der Waals surface area contributed by atoms with Crippen LogP contribution in [-0.2, 0) is 6.54 Å². The Bertz CT molecular complexity index is 569. The Balaban J connectivity index is 2.02. The molecule has 0 radical (unpaired) electrons. The summed E-state index contributed by atoms with van der Waals surface area (Å²) in [7, 11) is 0. The van der Waals surface area contributed by atoms with Gasteiger partial charge in [-0.15, -0.1) is 0 Å². The Morgan fingerprint density at radius 2 is 1.74 bits per heavy atom. The first-order chi connectivity index (χ1) is 9.06. The fourth-order valence-electron chi connectivity index (χ4n) is 1.88. The molecule has 100 valence electrons. The van der Waals surface area contributed by atoms with Crippen molar-refractivity contribution >= 4 is 0 Å². The monoisotopic (exact) mass is 259 g/mol. The highest BCUT2D eigenvalue weighted by Gasteiger charge is 2.07. The fraction of sp³-hybridized carbons (Fsp3) is 0.200. The average Bonchev–Trinajstić information content (AvgIpc) is 2.37. The molecule has 1 atom stereocenters. The molecule has 0 aliphatic carbocycles. The summed E-state index contributed by atoms with van der Waals surface area (Å²) in [5.74, 6) is 0.344. The molecule has 0 aliphatic rings. The summed E-state index contributed by atoms with van der Waals surface area (Å²) in [5.41, 5.74) is 1.68. The smallest absolute Gasteiger partial charge is 0.123 e. The number of hydrogen-bond donors (Lipinski definition) is 4. The van der Waals surface area contributed by atoms with Gasteiger partial charge in [-0.2, -0.15) is 0 Å². The van der Waals surface area contributed by atoms with Crippen LogP contribution in [0.2, 0.25) is 0 Å². The molecule has 2 rings (SSSR count). The van der Waals surface area contributed by atoms with Gasteiger partial charge < -0.3 is 20.6 Å². The van der Waals surface area contributed by atoms with E-state index < -0.39 is 0 Å². The number of aromatic hydroxyl groups is 3. The summed E-state index contributed by atoms with van der Waals surface area (Å²) >= 11 is 0. The second kappa shape index (κ2) is 5.63. The second-order valence-electron chi connectivity index (χ2n) is 4.51. The SMILES string of the molecule is CC(NCc1ccc(O)cc1O)c1cccc(O)c1. The third-order valence-corrected chi connectivity index (χ3v) is 3.04. The van der Waals surface area contributed by atoms with Gasteiger partial charge in [0, 0.05) is 24.2 Å².